The Hall–Kier alpha value is -0.550. The van der Waals surface area contributed by atoms with E-state index < -0.39 is 0 Å². The predicted molar refractivity (Wildman–Crippen MR) is 42.6 cm³/mol. The van der Waals surface area contributed by atoms with Gasteiger partial charge in [0.05, 0.1) is 6.07 Å². The number of nitrogens with zero attached hydrogens (tertiary/aromatic N) is 2. The maximum atomic E-state index is 8.22. The Bertz CT molecular complexity index is 109. The van der Waals surface area contributed by atoms with Crippen LogP contribution < -0.4 is 0 Å². The van der Waals surface area contributed by atoms with Gasteiger partial charge in [-0.1, -0.05) is 13.8 Å². The zero-order valence-electron chi connectivity index (χ0n) is 7.09. The van der Waals surface area contributed by atoms with Gasteiger partial charge in [0.2, 0.25) is 0 Å². The first-order valence-corrected chi connectivity index (χ1v) is 3.88. The average molecular weight is 140 g/mol. The lowest BCUT2D eigenvalue weighted by Gasteiger charge is -2.34. The van der Waals surface area contributed by atoms with Crippen LogP contribution in [0.5, 0.6) is 0 Å². The van der Waals surface area contributed by atoms with Crippen LogP contribution in [0.2, 0.25) is 0 Å². The molecule has 0 amide bonds. The molecule has 10 heavy (non-hydrogen) atoms. The summed E-state index contributed by atoms with van der Waals surface area (Å²) < 4.78 is 0. The minimum Gasteiger partial charge on any atom is -0.306 e. The largest absolute Gasteiger partial charge is 0.306 e. The van der Waals surface area contributed by atoms with Crippen molar-refractivity contribution in [3.63, 3.8) is 0 Å². The molecule has 1 rings (SSSR count). The minimum atomic E-state index is 0.671. The molecule has 1 aliphatic rings. The lowest BCUT2D eigenvalue weighted by molar-refractivity contribution is 0.138. The van der Waals surface area contributed by atoms with E-state index in [-0.39, 0.29) is 0 Å². The molecule has 0 aromatic heterocycles. The average Bonchev–Trinajstić information content (AvgIpc) is 1.90. The second-order valence-electron chi connectivity index (χ2n) is 2.45. The molecule has 0 bridgehead atoms. The highest BCUT2D eigenvalue weighted by molar-refractivity contribution is 4.85. The smallest absolute Gasteiger partial charge is 0.0625 e. The third kappa shape index (κ3) is 2.84. The van der Waals surface area contributed by atoms with Crippen LogP contribution in [0, 0.1) is 17.2 Å². The van der Waals surface area contributed by atoms with Crippen LogP contribution in [0.15, 0.2) is 0 Å². The Balaban J connectivity index is 0.000000371. The summed E-state index contributed by atoms with van der Waals surface area (Å²) in [5, 5.41) is 8.22. The predicted octanol–water partition coefficient (Wildman–Crippen LogP) is 1.49. The maximum Gasteiger partial charge on any atom is 0.0625 e. The maximum absolute atomic E-state index is 8.22. The number of nitriles is 1. The zero-order chi connectivity index (χ0) is 7.98. The Morgan fingerprint density at radius 1 is 1.50 bits per heavy atom. The number of likely N-dealkylation sites (tertiary alicyclic amines) is 1. The molecule has 1 saturated heterocycles. The van der Waals surface area contributed by atoms with Crippen molar-refractivity contribution in [1.82, 2.24) is 4.90 Å². The summed E-state index contributed by atoms with van der Waals surface area (Å²) in [6.45, 7) is 6.24. The molecule has 0 aliphatic carbocycles. The van der Waals surface area contributed by atoms with E-state index in [1.165, 1.54) is 0 Å². The summed E-state index contributed by atoms with van der Waals surface area (Å²) in [4.78, 5) is 2.22. The fraction of sp³-hybridized carbons (Fsp3) is 0.875. The summed E-state index contributed by atoms with van der Waals surface area (Å²) >= 11 is 0. The van der Waals surface area contributed by atoms with Gasteiger partial charge >= 0.3 is 0 Å². The van der Waals surface area contributed by atoms with E-state index in [1.54, 1.807) is 0 Å². The molecule has 0 aromatic carbocycles. The van der Waals surface area contributed by atoms with Crippen molar-refractivity contribution in [1.29, 1.82) is 5.26 Å². The second kappa shape index (κ2) is 5.25. The highest BCUT2D eigenvalue weighted by Crippen LogP contribution is 2.14. The molecular weight excluding hydrogens is 124 g/mol. The molecule has 0 saturated carbocycles. The lowest BCUT2D eigenvalue weighted by atomic mass is 9.98. The van der Waals surface area contributed by atoms with Crippen molar-refractivity contribution in [3.8, 4) is 6.07 Å². The van der Waals surface area contributed by atoms with Crippen LogP contribution in [0.4, 0.5) is 0 Å². The number of hydrogen-bond donors (Lipinski definition) is 0. The topological polar surface area (TPSA) is 27.0 Å². The van der Waals surface area contributed by atoms with E-state index >= 15 is 0 Å². The van der Waals surface area contributed by atoms with E-state index in [4.69, 9.17) is 5.26 Å². The quantitative estimate of drug-likeness (QED) is 0.551. The van der Waals surface area contributed by atoms with Gasteiger partial charge < -0.3 is 4.90 Å². The Kier molecular flexibility index (Phi) is 4.96. The van der Waals surface area contributed by atoms with Gasteiger partial charge in [0.15, 0.2) is 0 Å². The fourth-order valence-electron chi connectivity index (χ4n) is 1.09. The summed E-state index contributed by atoms with van der Waals surface area (Å²) in [7, 11) is 2.08. The monoisotopic (exact) mass is 140 g/mol. The van der Waals surface area contributed by atoms with Crippen molar-refractivity contribution in [2.24, 2.45) is 5.92 Å². The van der Waals surface area contributed by atoms with E-state index in [1.807, 2.05) is 13.8 Å². The molecule has 0 spiro atoms. The van der Waals surface area contributed by atoms with E-state index in [0.717, 1.165) is 19.5 Å². The van der Waals surface area contributed by atoms with Crippen molar-refractivity contribution in [2.45, 2.75) is 20.3 Å². The van der Waals surface area contributed by atoms with Gasteiger partial charge in [0.1, 0.15) is 0 Å². The summed E-state index contributed by atoms with van der Waals surface area (Å²) in [6.07, 6.45) is 0.740. The highest BCUT2D eigenvalue weighted by Gasteiger charge is 2.21. The first kappa shape index (κ1) is 9.45. The fourth-order valence-corrected chi connectivity index (χ4v) is 1.09. The van der Waals surface area contributed by atoms with Crippen molar-refractivity contribution >= 4 is 0 Å². The molecule has 0 unspecified atom stereocenters. The summed E-state index contributed by atoms with van der Waals surface area (Å²) in [6, 6.07) is 2.16. The Morgan fingerprint density at radius 2 is 2.00 bits per heavy atom. The third-order valence-electron chi connectivity index (χ3n) is 1.52. The first-order valence-electron chi connectivity index (χ1n) is 3.88. The number of rotatable bonds is 1. The molecule has 1 heterocycles. The minimum absolute atomic E-state index is 0.671. The molecule has 2 nitrogen and oxygen atoms in total. The molecule has 58 valence electrons. The standard InChI is InChI=1S/C6H10N2.C2H6/c1-8-4-6(5-8)2-3-7;1-2/h6H,2,4-5H2,1H3;1-2H3. The van der Waals surface area contributed by atoms with Gasteiger partial charge in [-0.25, -0.2) is 0 Å². The van der Waals surface area contributed by atoms with Crippen LogP contribution in [0.25, 0.3) is 0 Å². The van der Waals surface area contributed by atoms with Gasteiger partial charge in [-0.2, -0.15) is 5.26 Å². The Morgan fingerprint density at radius 3 is 2.30 bits per heavy atom. The van der Waals surface area contributed by atoms with Gasteiger partial charge in [0.25, 0.3) is 0 Å². The summed E-state index contributed by atoms with van der Waals surface area (Å²) in [5.41, 5.74) is 0. The zero-order valence-corrected chi connectivity index (χ0v) is 7.09. The van der Waals surface area contributed by atoms with E-state index in [2.05, 4.69) is 18.0 Å². The van der Waals surface area contributed by atoms with Crippen molar-refractivity contribution in [2.75, 3.05) is 20.1 Å². The molecule has 2 heteroatoms. The van der Waals surface area contributed by atoms with Crippen LogP contribution in [-0.4, -0.2) is 25.0 Å². The van der Waals surface area contributed by atoms with Crippen LogP contribution in [-0.2, 0) is 0 Å². The molecule has 1 fully saturated rings. The van der Waals surface area contributed by atoms with E-state index in [9.17, 15) is 0 Å². The van der Waals surface area contributed by atoms with E-state index in [0.29, 0.717) is 5.92 Å². The Labute approximate surface area is 63.4 Å². The SMILES string of the molecule is CC.CN1CC(CC#N)C1. The molecule has 0 N–H and O–H groups in total. The molecular formula is C8H16N2. The van der Waals surface area contributed by atoms with Crippen molar-refractivity contribution in [3.05, 3.63) is 0 Å². The van der Waals surface area contributed by atoms with Crippen LogP contribution >= 0.6 is 0 Å². The summed E-state index contributed by atoms with van der Waals surface area (Å²) in [5.74, 6) is 0.671. The normalized spacial score (nSPS) is 18.2. The molecule has 0 atom stereocenters. The molecule has 0 radical (unpaired) electrons. The molecule has 1 aliphatic heterocycles. The van der Waals surface area contributed by atoms with Gasteiger partial charge in [-0.05, 0) is 13.0 Å². The van der Waals surface area contributed by atoms with Crippen molar-refractivity contribution < 1.29 is 0 Å². The van der Waals surface area contributed by atoms with Gasteiger partial charge in [-0.3, -0.25) is 0 Å². The van der Waals surface area contributed by atoms with Crippen LogP contribution in [0.1, 0.15) is 20.3 Å². The van der Waals surface area contributed by atoms with Gasteiger partial charge in [0, 0.05) is 19.5 Å². The highest BCUT2D eigenvalue weighted by atomic mass is 15.2. The lowest BCUT2D eigenvalue weighted by Crippen LogP contribution is -2.43. The molecule has 0 aromatic rings. The second-order valence-corrected chi connectivity index (χ2v) is 2.45. The first-order chi connectivity index (χ1) is 4.83. The third-order valence-corrected chi connectivity index (χ3v) is 1.52. The number of hydrogen-bond acceptors (Lipinski definition) is 2. The van der Waals surface area contributed by atoms with Gasteiger partial charge in [-0.15, -0.1) is 0 Å². The van der Waals surface area contributed by atoms with Crippen LogP contribution in [0.3, 0.4) is 0 Å².